The molecule has 3 heterocycles. The number of hydrogen-bond donors (Lipinski definition) is 0. The second-order valence-electron chi connectivity index (χ2n) is 17.4. The van der Waals surface area contributed by atoms with Crippen LogP contribution in [0.15, 0.2) is 168 Å². The van der Waals surface area contributed by atoms with Crippen molar-refractivity contribution in [2.45, 2.75) is 58.8 Å². The molecule has 0 radical (unpaired) electrons. The molecule has 0 bridgehead atoms. The van der Waals surface area contributed by atoms with E-state index in [1.54, 1.807) is 0 Å². The highest BCUT2D eigenvalue weighted by Crippen LogP contribution is 2.44. The lowest BCUT2D eigenvalue weighted by Gasteiger charge is -2.30. The Balaban J connectivity index is 1.07. The lowest BCUT2D eigenvalue weighted by Crippen LogP contribution is -2.55. The molecule has 3 aliphatic heterocycles. The van der Waals surface area contributed by atoms with Crippen LogP contribution in [0, 0.1) is 20.8 Å². The van der Waals surface area contributed by atoms with Crippen LogP contribution in [0.1, 0.15) is 30.5 Å². The molecule has 0 spiro atoms. The number of nitrogens with zero attached hydrogens (tertiary/aromatic N) is 4. The summed E-state index contributed by atoms with van der Waals surface area (Å²) in [6.07, 6.45) is 17.5. The van der Waals surface area contributed by atoms with Crippen LogP contribution in [0.5, 0.6) is 0 Å². The van der Waals surface area contributed by atoms with E-state index in [0.29, 0.717) is 0 Å². The highest BCUT2D eigenvalue weighted by Gasteiger charge is 2.36. The Hall–Kier alpha value is -6.72. The maximum Gasteiger partial charge on any atom is 0.243 e. The maximum absolute atomic E-state index is 4.98. The maximum atomic E-state index is 4.98. The molecule has 5 aliphatic rings. The van der Waals surface area contributed by atoms with Crippen molar-refractivity contribution in [3.8, 4) is 22.3 Å². The van der Waals surface area contributed by atoms with Gasteiger partial charge in [-0.3, -0.25) is 9.98 Å². The number of hydrogen-bond acceptors (Lipinski definition) is 4. The molecule has 2 aliphatic carbocycles. The SMILES string of the molecule is CC1=NC2C=CC=CC2N1c1ccc(-c2cc3cc(-c4ccc(N5C(C)=NC6C=CC=CC65)cc4)c4cccc5c4c3c3c(cccc23)B5c2c(C)cc(C)cc2C)cc1. The van der Waals surface area contributed by atoms with Crippen LogP contribution in [0.3, 0.4) is 0 Å². The van der Waals surface area contributed by atoms with Crippen molar-refractivity contribution in [3.63, 3.8) is 0 Å². The van der Waals surface area contributed by atoms with E-state index >= 15 is 0 Å². The Morgan fingerprint density at radius 3 is 1.40 bits per heavy atom. The van der Waals surface area contributed by atoms with Crippen LogP contribution in [0.25, 0.3) is 54.6 Å². The Morgan fingerprint density at radius 2 is 0.933 bits per heavy atom. The predicted octanol–water partition coefficient (Wildman–Crippen LogP) is 10.4. The molecule has 4 atom stereocenters. The van der Waals surface area contributed by atoms with E-state index in [0.717, 1.165) is 11.7 Å². The summed E-state index contributed by atoms with van der Waals surface area (Å²) in [7, 11) is 0. The van der Waals surface area contributed by atoms with E-state index in [9.17, 15) is 0 Å². The minimum absolute atomic E-state index is 0.106. The summed E-state index contributed by atoms with van der Waals surface area (Å²) in [6, 6.07) is 42.9. The number of allylic oxidation sites excluding steroid dienone is 4. The number of aryl methyl sites for hydroxylation is 3. The average Bonchev–Trinajstić information content (AvgIpc) is 3.78. The van der Waals surface area contributed by atoms with Gasteiger partial charge in [0, 0.05) is 11.4 Å². The number of aliphatic imine (C=N–C) groups is 2. The topological polar surface area (TPSA) is 31.2 Å². The molecule has 7 aromatic rings. The summed E-state index contributed by atoms with van der Waals surface area (Å²) in [5, 5.41) is 8.01. The quantitative estimate of drug-likeness (QED) is 0.129. The van der Waals surface area contributed by atoms with Crippen molar-refractivity contribution in [2.75, 3.05) is 9.80 Å². The van der Waals surface area contributed by atoms with Crippen molar-refractivity contribution < 1.29 is 0 Å². The van der Waals surface area contributed by atoms with Gasteiger partial charge < -0.3 is 9.80 Å². The lowest BCUT2D eigenvalue weighted by atomic mass is 9.33. The zero-order valence-electron chi connectivity index (χ0n) is 34.7. The molecule has 7 aromatic carbocycles. The molecular weight excluding hydrogens is 727 g/mol. The van der Waals surface area contributed by atoms with Crippen LogP contribution in [-0.2, 0) is 0 Å². The van der Waals surface area contributed by atoms with Crippen LogP contribution in [-0.4, -0.2) is 42.6 Å². The summed E-state index contributed by atoms with van der Waals surface area (Å²) in [5.74, 6) is 2.12. The van der Waals surface area contributed by atoms with E-state index < -0.39 is 0 Å². The molecule has 12 rings (SSSR count). The first-order valence-electron chi connectivity index (χ1n) is 21.4. The Morgan fingerprint density at radius 1 is 0.483 bits per heavy atom. The van der Waals surface area contributed by atoms with Crippen molar-refractivity contribution >= 4 is 78.5 Å². The van der Waals surface area contributed by atoms with Gasteiger partial charge >= 0.3 is 0 Å². The number of benzene rings is 7. The molecular formula is C55H45BN4. The molecule has 0 fully saturated rings. The number of anilines is 2. The van der Waals surface area contributed by atoms with Gasteiger partial charge in [-0.05, 0) is 126 Å². The zero-order chi connectivity index (χ0) is 40.4. The van der Waals surface area contributed by atoms with Gasteiger partial charge in [-0.15, -0.1) is 0 Å². The van der Waals surface area contributed by atoms with Gasteiger partial charge in [0.1, 0.15) is 11.7 Å². The van der Waals surface area contributed by atoms with Crippen LogP contribution >= 0.6 is 0 Å². The zero-order valence-corrected chi connectivity index (χ0v) is 34.7. The van der Waals surface area contributed by atoms with E-state index in [2.05, 4.69) is 202 Å². The first-order valence-corrected chi connectivity index (χ1v) is 21.4. The number of fused-ring (bicyclic) bond motifs is 2. The van der Waals surface area contributed by atoms with Gasteiger partial charge in [-0.2, -0.15) is 0 Å². The summed E-state index contributed by atoms with van der Waals surface area (Å²) in [5.41, 5.74) is 15.5. The highest BCUT2D eigenvalue weighted by molar-refractivity contribution is 7.00. The fraction of sp³-hybridized carbons (Fsp3) is 0.164. The Labute approximate surface area is 352 Å². The molecule has 0 aromatic heterocycles. The molecule has 0 saturated heterocycles. The van der Waals surface area contributed by atoms with Gasteiger partial charge in [0.25, 0.3) is 0 Å². The predicted molar refractivity (Wildman–Crippen MR) is 258 cm³/mol. The molecule has 4 nitrogen and oxygen atoms in total. The van der Waals surface area contributed by atoms with Crippen molar-refractivity contribution in [2.24, 2.45) is 9.98 Å². The Kier molecular flexibility index (Phi) is 7.72. The fourth-order valence-corrected chi connectivity index (χ4v) is 11.5. The monoisotopic (exact) mass is 772 g/mol. The van der Waals surface area contributed by atoms with E-state index in [4.69, 9.17) is 9.98 Å². The second kappa shape index (κ2) is 13.1. The lowest BCUT2D eigenvalue weighted by molar-refractivity contribution is 0.739. The van der Waals surface area contributed by atoms with E-state index in [1.165, 1.54) is 99.0 Å². The second-order valence-corrected chi connectivity index (χ2v) is 17.4. The van der Waals surface area contributed by atoms with E-state index in [-0.39, 0.29) is 30.9 Å². The molecule has 288 valence electrons. The van der Waals surface area contributed by atoms with Gasteiger partial charge in [0.2, 0.25) is 6.71 Å². The van der Waals surface area contributed by atoms with Gasteiger partial charge in [0.05, 0.1) is 24.2 Å². The molecule has 0 N–H and O–H groups in total. The van der Waals surface area contributed by atoms with Gasteiger partial charge in [0.15, 0.2) is 0 Å². The third-order valence-corrected chi connectivity index (χ3v) is 13.8. The summed E-state index contributed by atoms with van der Waals surface area (Å²) in [4.78, 5) is 14.7. The smallest absolute Gasteiger partial charge is 0.243 e. The highest BCUT2D eigenvalue weighted by atomic mass is 15.3. The van der Waals surface area contributed by atoms with Crippen LogP contribution < -0.4 is 26.2 Å². The van der Waals surface area contributed by atoms with Crippen LogP contribution in [0.4, 0.5) is 11.4 Å². The van der Waals surface area contributed by atoms with Crippen molar-refractivity contribution in [1.29, 1.82) is 0 Å². The third kappa shape index (κ3) is 5.11. The normalized spacial score (nSPS) is 20.9. The summed E-state index contributed by atoms with van der Waals surface area (Å²) < 4.78 is 0. The average molecular weight is 773 g/mol. The molecule has 5 heteroatoms. The number of rotatable bonds is 5. The minimum atomic E-state index is 0.106. The molecule has 4 unspecified atom stereocenters. The fourth-order valence-electron chi connectivity index (χ4n) is 11.5. The first kappa shape index (κ1) is 35.2. The summed E-state index contributed by atoms with van der Waals surface area (Å²) in [6.45, 7) is 11.2. The molecule has 0 amide bonds. The van der Waals surface area contributed by atoms with Gasteiger partial charge in [-0.25, -0.2) is 0 Å². The largest absolute Gasteiger partial charge is 0.321 e. The third-order valence-electron chi connectivity index (χ3n) is 13.8. The van der Waals surface area contributed by atoms with E-state index in [1.807, 2.05) is 0 Å². The van der Waals surface area contributed by atoms with Crippen molar-refractivity contribution in [1.82, 2.24) is 0 Å². The summed E-state index contributed by atoms with van der Waals surface area (Å²) >= 11 is 0. The standard InChI is InChI=1S/C55H45BN4/c1-32-28-33(2)55(34(3)29-32)56-46-14-10-12-42-44(37-20-24-40(25-21-37)59-35(4)57-48-16-6-8-18-50(48)59)30-39-31-45(43-13-11-15-47(56)54(43)52(39)53(42)46)38-22-26-41(27-23-38)60-36(5)58-49-17-7-9-19-51(49)60/h6-31,48-51H,1-5H3. The molecule has 60 heavy (non-hydrogen) atoms. The number of amidine groups is 2. The van der Waals surface area contributed by atoms with Crippen molar-refractivity contribution in [3.05, 3.63) is 174 Å². The molecule has 0 saturated carbocycles. The van der Waals surface area contributed by atoms with Gasteiger partial charge in [-0.1, -0.05) is 154 Å². The Bertz CT molecular complexity index is 2980. The first-order chi connectivity index (χ1) is 29.3. The minimum Gasteiger partial charge on any atom is -0.321 e. The van der Waals surface area contributed by atoms with Crippen LogP contribution in [0.2, 0.25) is 0 Å².